The fraction of sp³-hybridized carbons (Fsp3) is 0.489. The van der Waals surface area contributed by atoms with E-state index >= 15 is 0 Å². The van der Waals surface area contributed by atoms with E-state index in [1.165, 1.54) is 4.90 Å². The number of fused-ring (bicyclic) bond motifs is 3. The molecule has 0 saturated carbocycles. The first-order valence-corrected chi connectivity index (χ1v) is 23.4. The Morgan fingerprint density at radius 2 is 1.80 bits per heavy atom. The Hall–Kier alpha value is -5.62. The molecule has 7 heterocycles. The molecule has 0 aliphatic carbocycles. The molecular formula is C47H58N10O6S. The van der Waals surface area contributed by atoms with E-state index in [1.807, 2.05) is 75.7 Å². The summed E-state index contributed by atoms with van der Waals surface area (Å²) in [6.45, 7) is 14.6. The van der Waals surface area contributed by atoms with Crippen molar-refractivity contribution in [2.45, 2.75) is 83.1 Å². The van der Waals surface area contributed by atoms with Gasteiger partial charge >= 0.3 is 0 Å². The summed E-state index contributed by atoms with van der Waals surface area (Å²) in [6, 6.07) is 18.7. The monoisotopic (exact) mass is 890 g/mol. The van der Waals surface area contributed by atoms with Gasteiger partial charge in [0.25, 0.3) is 5.88 Å². The maximum Gasteiger partial charge on any atom is 0.254 e. The number of carbonyl (C=O) groups is 2. The second-order valence-electron chi connectivity index (χ2n) is 17.9. The number of hydrogen-bond donors (Lipinski definition) is 4. The van der Waals surface area contributed by atoms with Crippen LogP contribution >= 0.6 is 11.3 Å². The molecular weight excluding hydrogens is 833 g/mol. The number of aromatic nitrogens is 4. The number of anilines is 2. The molecule has 16 nitrogen and oxygen atoms in total. The van der Waals surface area contributed by atoms with Gasteiger partial charge in [-0.1, -0.05) is 50.2 Å². The first kappa shape index (κ1) is 43.6. The van der Waals surface area contributed by atoms with E-state index in [9.17, 15) is 19.8 Å². The standard InChI is InChI=1S/C47H58N10O6S/c1-28(2)43(47(61)57-26-35(58)21-39(57)46(60)50-29(3)31-9-11-32(12-10-31)44-30(4)49-27-64-44)41-23-42(53-63-41)62-20-19-54-15-13-33(14-16-54)55-17-18-56-34(25-55)24-48-45-38(56)22-37(51-52-45)36-7-5-6-8-40(36)59/h5-12,22-23,27-29,33-35,39,43,58-59H,13-21,24-26H2,1-4H3,(H,48,52)(H,50,60)/t29-,34?,35+,39-,43+/m0/s1. The molecule has 3 aromatic heterocycles. The van der Waals surface area contributed by atoms with Crippen molar-refractivity contribution in [3.05, 3.63) is 83.2 Å². The first-order chi connectivity index (χ1) is 31.0. The molecule has 9 rings (SSSR count). The minimum absolute atomic E-state index is 0.0620. The van der Waals surface area contributed by atoms with Crippen LogP contribution in [0.2, 0.25) is 0 Å². The summed E-state index contributed by atoms with van der Waals surface area (Å²) in [4.78, 5) is 42.4. The third-order valence-electron chi connectivity index (χ3n) is 13.4. The van der Waals surface area contributed by atoms with Crippen LogP contribution in [0.1, 0.15) is 69.0 Å². The van der Waals surface area contributed by atoms with Crippen LogP contribution in [0, 0.1) is 12.8 Å². The zero-order valence-electron chi connectivity index (χ0n) is 36.9. The van der Waals surface area contributed by atoms with Crippen LogP contribution < -0.4 is 20.3 Å². The van der Waals surface area contributed by atoms with Gasteiger partial charge in [0.1, 0.15) is 24.3 Å². The van der Waals surface area contributed by atoms with Crippen molar-refractivity contribution in [1.29, 1.82) is 0 Å². The van der Waals surface area contributed by atoms with Gasteiger partial charge in [-0.15, -0.1) is 21.5 Å². The van der Waals surface area contributed by atoms with Crippen LogP contribution in [0.4, 0.5) is 11.5 Å². The van der Waals surface area contributed by atoms with E-state index in [1.54, 1.807) is 29.5 Å². The van der Waals surface area contributed by atoms with E-state index in [2.05, 4.69) is 45.7 Å². The normalized spacial score (nSPS) is 21.6. The number of aromatic hydroxyl groups is 1. The minimum atomic E-state index is -0.819. The average Bonchev–Trinajstić information content (AvgIpc) is 4.06. The minimum Gasteiger partial charge on any atom is -0.507 e. The number of thiazole rings is 1. The highest BCUT2D eigenvalue weighted by atomic mass is 32.1. The summed E-state index contributed by atoms with van der Waals surface area (Å²) in [5.74, 6) is 0.222. The molecule has 338 valence electrons. The number of nitrogens with zero attached hydrogens (tertiary/aromatic N) is 8. The molecule has 2 amide bonds. The zero-order chi connectivity index (χ0) is 44.5. The summed E-state index contributed by atoms with van der Waals surface area (Å²) >= 11 is 1.59. The molecule has 2 aromatic carbocycles. The van der Waals surface area contributed by atoms with Crippen LogP contribution in [-0.2, 0) is 9.59 Å². The van der Waals surface area contributed by atoms with E-state index in [4.69, 9.17) is 9.26 Å². The van der Waals surface area contributed by atoms with Crippen molar-refractivity contribution in [3.8, 4) is 33.3 Å². The second-order valence-corrected chi connectivity index (χ2v) is 18.8. The Morgan fingerprint density at radius 1 is 1.00 bits per heavy atom. The number of amides is 2. The molecule has 3 saturated heterocycles. The predicted molar refractivity (Wildman–Crippen MR) is 244 cm³/mol. The Kier molecular flexibility index (Phi) is 12.8. The van der Waals surface area contributed by atoms with Crippen LogP contribution in [0.5, 0.6) is 11.6 Å². The van der Waals surface area contributed by atoms with E-state index < -0.39 is 18.1 Å². The fourth-order valence-electron chi connectivity index (χ4n) is 9.85. The molecule has 1 unspecified atom stereocenters. The summed E-state index contributed by atoms with van der Waals surface area (Å²) in [5, 5.41) is 40.7. The second kappa shape index (κ2) is 18.8. The Morgan fingerprint density at radius 3 is 2.55 bits per heavy atom. The quantitative estimate of drug-likeness (QED) is 0.119. The Labute approximate surface area is 377 Å². The third kappa shape index (κ3) is 9.16. The molecule has 17 heteroatoms. The summed E-state index contributed by atoms with van der Waals surface area (Å²) in [7, 11) is 0. The van der Waals surface area contributed by atoms with Crippen molar-refractivity contribution in [1.82, 2.24) is 40.4 Å². The Bertz CT molecular complexity index is 2420. The number of benzene rings is 2. The van der Waals surface area contributed by atoms with Crippen molar-refractivity contribution in [2.24, 2.45) is 5.92 Å². The van der Waals surface area contributed by atoms with Crippen LogP contribution in [0.3, 0.4) is 0 Å². The third-order valence-corrected chi connectivity index (χ3v) is 14.4. The number of para-hydroxylation sites is 1. The number of phenolic OH excluding ortho intramolecular Hbond substituents is 1. The van der Waals surface area contributed by atoms with Crippen LogP contribution in [-0.4, -0.2) is 140 Å². The summed E-state index contributed by atoms with van der Waals surface area (Å²) in [6.07, 6.45) is 1.50. The number of aryl methyl sites for hydroxylation is 1. The van der Waals surface area contributed by atoms with E-state index in [-0.39, 0.29) is 42.5 Å². The van der Waals surface area contributed by atoms with Crippen molar-refractivity contribution in [2.75, 3.05) is 69.2 Å². The van der Waals surface area contributed by atoms with Gasteiger partial charge < -0.3 is 39.9 Å². The van der Waals surface area contributed by atoms with Gasteiger partial charge in [-0.2, -0.15) is 0 Å². The highest BCUT2D eigenvalue weighted by Crippen LogP contribution is 2.37. The fourth-order valence-corrected chi connectivity index (χ4v) is 10.7. The number of piperazine rings is 1. The molecule has 3 fully saturated rings. The lowest BCUT2D eigenvalue weighted by Crippen LogP contribution is -2.61. The predicted octanol–water partition coefficient (Wildman–Crippen LogP) is 5.31. The number of carbonyl (C=O) groups excluding carboxylic acids is 2. The number of β-amino-alcohol motifs (C(OH)–C–C–N with tert-alkyl or cyclic N) is 1. The molecule has 64 heavy (non-hydrogen) atoms. The smallest absolute Gasteiger partial charge is 0.254 e. The van der Waals surface area contributed by atoms with Crippen molar-refractivity contribution < 1.29 is 29.1 Å². The summed E-state index contributed by atoms with van der Waals surface area (Å²) in [5.41, 5.74) is 7.21. The number of aliphatic hydroxyl groups excluding tert-OH is 1. The van der Waals surface area contributed by atoms with Gasteiger partial charge in [-0.05, 0) is 80.2 Å². The van der Waals surface area contributed by atoms with Crippen LogP contribution in [0.25, 0.3) is 21.7 Å². The van der Waals surface area contributed by atoms with Gasteiger partial charge in [0.15, 0.2) is 11.6 Å². The maximum atomic E-state index is 14.2. The first-order valence-electron chi connectivity index (χ1n) is 22.5. The summed E-state index contributed by atoms with van der Waals surface area (Å²) < 4.78 is 11.8. The number of aliphatic hydroxyl groups is 1. The number of likely N-dealkylation sites (tertiary alicyclic amines) is 2. The van der Waals surface area contributed by atoms with Gasteiger partial charge in [-0.25, -0.2) is 4.98 Å². The molecule has 5 aromatic rings. The highest BCUT2D eigenvalue weighted by Gasteiger charge is 2.44. The lowest BCUT2D eigenvalue weighted by Gasteiger charge is -2.49. The van der Waals surface area contributed by atoms with Gasteiger partial charge in [0.05, 0.1) is 45.7 Å². The molecule has 4 aliphatic rings. The number of nitrogens with one attached hydrogen (secondary N) is 2. The molecule has 0 bridgehead atoms. The molecule has 0 spiro atoms. The number of rotatable bonds is 13. The SMILES string of the molecule is Cc1ncsc1-c1ccc([C@H](C)NC(=O)[C@@H]2C[C@@H](O)CN2C(=O)[C@@H](c2cc(OCCN3CCC(N4CCN5c6cc(-c7ccccc7O)nnc6NCC5C4)CC3)no2)C(C)C)cc1. The van der Waals surface area contributed by atoms with Crippen molar-refractivity contribution >= 4 is 34.7 Å². The van der Waals surface area contributed by atoms with E-state index in [0.717, 1.165) is 91.9 Å². The topological polar surface area (TPSA) is 186 Å². The van der Waals surface area contributed by atoms with Gasteiger partial charge in [-0.3, -0.25) is 19.4 Å². The number of phenols is 1. The van der Waals surface area contributed by atoms with E-state index in [0.29, 0.717) is 41.6 Å². The maximum absolute atomic E-state index is 14.2. The molecule has 4 N–H and O–H groups in total. The lowest BCUT2D eigenvalue weighted by atomic mass is 9.91. The number of ether oxygens (including phenoxy) is 1. The molecule has 4 aliphatic heterocycles. The highest BCUT2D eigenvalue weighted by molar-refractivity contribution is 7.13. The van der Waals surface area contributed by atoms with Gasteiger partial charge in [0, 0.05) is 63.4 Å². The zero-order valence-corrected chi connectivity index (χ0v) is 37.7. The molecule has 5 atom stereocenters. The number of piperidine rings is 1. The van der Waals surface area contributed by atoms with Crippen molar-refractivity contribution in [3.63, 3.8) is 0 Å². The average molecular weight is 891 g/mol. The van der Waals surface area contributed by atoms with Gasteiger partial charge in [0.2, 0.25) is 11.8 Å². The Balaban J connectivity index is 0.742. The molecule has 0 radical (unpaired) electrons. The largest absolute Gasteiger partial charge is 0.507 e. The van der Waals surface area contributed by atoms with Crippen LogP contribution in [0.15, 0.2) is 70.7 Å². The lowest BCUT2D eigenvalue weighted by molar-refractivity contribution is -0.141. The number of hydrogen-bond acceptors (Lipinski definition) is 15.